The Labute approximate surface area is 117 Å². The number of carbonyl (C=O) groups is 1. The summed E-state index contributed by atoms with van der Waals surface area (Å²) in [5.41, 5.74) is 1.69. The molecule has 2 rings (SSSR count). The van der Waals surface area contributed by atoms with Crippen LogP contribution in [-0.4, -0.2) is 41.8 Å². The largest absolute Gasteiger partial charge is 0.379 e. The number of amides is 1. The topological polar surface area (TPSA) is 76.2 Å². The molecule has 20 heavy (non-hydrogen) atoms. The molecule has 0 saturated carbocycles. The lowest BCUT2D eigenvalue weighted by Crippen LogP contribution is -2.29. The summed E-state index contributed by atoms with van der Waals surface area (Å²) < 4.78 is 10.5. The van der Waals surface area contributed by atoms with E-state index in [1.807, 2.05) is 31.2 Å². The van der Waals surface area contributed by atoms with Gasteiger partial charge >= 0.3 is 0 Å². The molecule has 0 bridgehead atoms. The zero-order chi connectivity index (χ0) is 14.4. The Morgan fingerprint density at radius 3 is 2.95 bits per heavy atom. The standard InChI is InChI=1S/C14H19N3O3/c1-3-19-8-9-20-10(2)13(18)17-14-15-11-6-4-5-7-12(11)16-14/h4-7,10H,3,8-9H2,1-2H3,(H2,15,16,17,18). The predicted octanol–water partition coefficient (Wildman–Crippen LogP) is 1.94. The first-order valence-corrected chi connectivity index (χ1v) is 6.65. The number of aromatic nitrogens is 2. The maximum absolute atomic E-state index is 11.9. The summed E-state index contributed by atoms with van der Waals surface area (Å²) >= 11 is 0. The van der Waals surface area contributed by atoms with Gasteiger partial charge in [0.05, 0.1) is 24.2 Å². The molecule has 108 valence electrons. The molecule has 2 N–H and O–H groups in total. The van der Waals surface area contributed by atoms with E-state index in [0.29, 0.717) is 25.8 Å². The molecule has 1 atom stereocenters. The third kappa shape index (κ3) is 3.79. The number of benzene rings is 1. The summed E-state index contributed by atoms with van der Waals surface area (Å²) in [7, 11) is 0. The second-order valence-corrected chi connectivity index (χ2v) is 4.30. The number of nitrogens with one attached hydrogen (secondary N) is 2. The summed E-state index contributed by atoms with van der Waals surface area (Å²) in [6.07, 6.45) is -0.552. The zero-order valence-corrected chi connectivity index (χ0v) is 11.7. The molecular weight excluding hydrogens is 258 g/mol. The number of H-pyrrole nitrogens is 1. The van der Waals surface area contributed by atoms with E-state index in [9.17, 15) is 4.79 Å². The number of aromatic amines is 1. The molecule has 1 aromatic carbocycles. The first kappa shape index (κ1) is 14.5. The minimum Gasteiger partial charge on any atom is -0.379 e. The van der Waals surface area contributed by atoms with Gasteiger partial charge in [0.2, 0.25) is 5.95 Å². The van der Waals surface area contributed by atoms with E-state index in [0.717, 1.165) is 11.0 Å². The molecule has 0 aliphatic rings. The molecule has 0 aliphatic carbocycles. The van der Waals surface area contributed by atoms with E-state index >= 15 is 0 Å². The fourth-order valence-corrected chi connectivity index (χ4v) is 1.73. The lowest BCUT2D eigenvalue weighted by molar-refractivity contribution is -0.127. The molecule has 1 unspecified atom stereocenters. The Balaban J connectivity index is 1.87. The number of carbonyl (C=O) groups excluding carboxylic acids is 1. The third-order valence-electron chi connectivity index (χ3n) is 2.80. The van der Waals surface area contributed by atoms with Crippen molar-refractivity contribution in [1.82, 2.24) is 9.97 Å². The van der Waals surface area contributed by atoms with Gasteiger partial charge < -0.3 is 14.5 Å². The van der Waals surface area contributed by atoms with Crippen molar-refractivity contribution >= 4 is 22.9 Å². The zero-order valence-electron chi connectivity index (χ0n) is 11.7. The summed E-state index contributed by atoms with van der Waals surface area (Å²) in [6.45, 7) is 5.13. The number of hydrogen-bond acceptors (Lipinski definition) is 4. The van der Waals surface area contributed by atoms with Crippen molar-refractivity contribution in [2.24, 2.45) is 0 Å². The second-order valence-electron chi connectivity index (χ2n) is 4.30. The van der Waals surface area contributed by atoms with Crippen LogP contribution in [0.2, 0.25) is 0 Å². The minimum atomic E-state index is -0.552. The van der Waals surface area contributed by atoms with E-state index in [1.165, 1.54) is 0 Å². The monoisotopic (exact) mass is 277 g/mol. The molecule has 1 aromatic heterocycles. The van der Waals surface area contributed by atoms with Crippen molar-refractivity contribution in [2.75, 3.05) is 25.1 Å². The number of fused-ring (bicyclic) bond motifs is 1. The number of ether oxygens (including phenoxy) is 2. The molecule has 0 fully saturated rings. The van der Waals surface area contributed by atoms with Crippen molar-refractivity contribution in [2.45, 2.75) is 20.0 Å². The molecule has 0 spiro atoms. The van der Waals surface area contributed by atoms with Crippen molar-refractivity contribution in [3.05, 3.63) is 24.3 Å². The number of anilines is 1. The van der Waals surface area contributed by atoms with Crippen LogP contribution in [0.15, 0.2) is 24.3 Å². The van der Waals surface area contributed by atoms with Crippen LogP contribution in [-0.2, 0) is 14.3 Å². The van der Waals surface area contributed by atoms with Crippen molar-refractivity contribution in [1.29, 1.82) is 0 Å². The fourth-order valence-electron chi connectivity index (χ4n) is 1.73. The first-order chi connectivity index (χ1) is 9.70. The van der Waals surface area contributed by atoms with Crippen LogP contribution in [0.4, 0.5) is 5.95 Å². The molecule has 0 radical (unpaired) electrons. The van der Waals surface area contributed by atoms with Crippen LogP contribution >= 0.6 is 0 Å². The first-order valence-electron chi connectivity index (χ1n) is 6.65. The SMILES string of the molecule is CCOCCOC(C)C(=O)Nc1nc2ccccc2[nH]1. The summed E-state index contributed by atoms with van der Waals surface area (Å²) in [6, 6.07) is 7.59. The maximum atomic E-state index is 11.9. The third-order valence-corrected chi connectivity index (χ3v) is 2.80. The van der Waals surface area contributed by atoms with E-state index in [-0.39, 0.29) is 5.91 Å². The van der Waals surface area contributed by atoms with Gasteiger partial charge in [0, 0.05) is 6.61 Å². The Hall–Kier alpha value is -1.92. The number of nitrogens with zero attached hydrogens (tertiary/aromatic N) is 1. The van der Waals surface area contributed by atoms with Gasteiger partial charge in [-0.3, -0.25) is 10.1 Å². The maximum Gasteiger partial charge on any atom is 0.255 e. The summed E-state index contributed by atoms with van der Waals surface area (Å²) in [5, 5.41) is 2.70. The number of imidazole rings is 1. The number of para-hydroxylation sites is 2. The lowest BCUT2D eigenvalue weighted by Gasteiger charge is -2.11. The number of rotatable bonds is 7. The van der Waals surface area contributed by atoms with Crippen LogP contribution in [0.3, 0.4) is 0 Å². The normalized spacial score (nSPS) is 12.5. The molecular formula is C14H19N3O3. The molecule has 1 heterocycles. The smallest absolute Gasteiger partial charge is 0.255 e. The van der Waals surface area contributed by atoms with Crippen LogP contribution in [0.25, 0.3) is 11.0 Å². The summed E-state index contributed by atoms with van der Waals surface area (Å²) in [4.78, 5) is 19.2. The van der Waals surface area contributed by atoms with Gasteiger partial charge in [-0.2, -0.15) is 0 Å². The average molecular weight is 277 g/mol. The highest BCUT2D eigenvalue weighted by molar-refractivity contribution is 5.93. The predicted molar refractivity (Wildman–Crippen MR) is 76.6 cm³/mol. The molecule has 1 amide bonds. The Bertz CT molecular complexity index is 535. The second kappa shape index (κ2) is 7.02. The van der Waals surface area contributed by atoms with Crippen LogP contribution in [0.5, 0.6) is 0 Å². The quantitative estimate of drug-likeness (QED) is 0.758. The molecule has 6 heteroatoms. The average Bonchev–Trinajstić information content (AvgIpc) is 2.85. The van der Waals surface area contributed by atoms with Crippen LogP contribution in [0.1, 0.15) is 13.8 Å². The van der Waals surface area contributed by atoms with Gasteiger partial charge in [0.1, 0.15) is 6.10 Å². The Morgan fingerprint density at radius 1 is 1.40 bits per heavy atom. The highest BCUT2D eigenvalue weighted by Crippen LogP contribution is 2.13. The van der Waals surface area contributed by atoms with E-state index in [2.05, 4.69) is 15.3 Å². The van der Waals surface area contributed by atoms with Gasteiger partial charge in [-0.05, 0) is 26.0 Å². The van der Waals surface area contributed by atoms with Crippen molar-refractivity contribution in [3.63, 3.8) is 0 Å². The molecule has 0 saturated heterocycles. The van der Waals surface area contributed by atoms with E-state index < -0.39 is 6.10 Å². The van der Waals surface area contributed by atoms with Crippen molar-refractivity contribution < 1.29 is 14.3 Å². The van der Waals surface area contributed by atoms with Gasteiger partial charge in [-0.15, -0.1) is 0 Å². The van der Waals surface area contributed by atoms with Gasteiger partial charge in [0.15, 0.2) is 0 Å². The molecule has 2 aromatic rings. The lowest BCUT2D eigenvalue weighted by atomic mass is 10.3. The van der Waals surface area contributed by atoms with E-state index in [4.69, 9.17) is 9.47 Å². The van der Waals surface area contributed by atoms with Crippen LogP contribution in [0, 0.1) is 0 Å². The summed E-state index contributed by atoms with van der Waals surface area (Å²) in [5.74, 6) is 0.192. The van der Waals surface area contributed by atoms with Crippen LogP contribution < -0.4 is 5.32 Å². The number of hydrogen-bond donors (Lipinski definition) is 2. The fraction of sp³-hybridized carbons (Fsp3) is 0.429. The minimum absolute atomic E-state index is 0.236. The molecule has 6 nitrogen and oxygen atoms in total. The van der Waals surface area contributed by atoms with Gasteiger partial charge in [-0.25, -0.2) is 4.98 Å². The Kier molecular flexibility index (Phi) is 5.09. The highest BCUT2D eigenvalue weighted by Gasteiger charge is 2.15. The van der Waals surface area contributed by atoms with Gasteiger partial charge in [-0.1, -0.05) is 12.1 Å². The Morgan fingerprint density at radius 2 is 2.20 bits per heavy atom. The van der Waals surface area contributed by atoms with Gasteiger partial charge in [0.25, 0.3) is 5.91 Å². The highest BCUT2D eigenvalue weighted by atomic mass is 16.5. The van der Waals surface area contributed by atoms with Crippen molar-refractivity contribution in [3.8, 4) is 0 Å². The van der Waals surface area contributed by atoms with E-state index in [1.54, 1.807) is 6.92 Å². The molecule has 0 aliphatic heterocycles.